The van der Waals surface area contributed by atoms with Gasteiger partial charge in [-0.25, -0.2) is 9.97 Å². The number of aliphatic hydroxyl groups is 1. The van der Waals surface area contributed by atoms with E-state index >= 15 is 0 Å². The number of hydrogen-bond donors (Lipinski definition) is 1. The van der Waals surface area contributed by atoms with Crippen LogP contribution in [-0.4, -0.2) is 15.1 Å². The highest BCUT2D eigenvalue weighted by molar-refractivity contribution is 7.99. The largest absolute Gasteiger partial charge is 0.392 e. The van der Waals surface area contributed by atoms with Crippen molar-refractivity contribution < 1.29 is 5.11 Å². The standard InChI is InChI=1S/C11H10N2OS/c14-8-9-4-3-7-13-11(9)15-10-5-1-2-6-12-10/h1-7,14H,8H2. The van der Waals surface area contributed by atoms with Gasteiger partial charge in [0.15, 0.2) is 0 Å². The van der Waals surface area contributed by atoms with E-state index < -0.39 is 0 Å². The van der Waals surface area contributed by atoms with E-state index in [-0.39, 0.29) is 6.61 Å². The maximum Gasteiger partial charge on any atom is 0.108 e. The first kappa shape index (κ1) is 10.1. The van der Waals surface area contributed by atoms with Crippen molar-refractivity contribution in [1.82, 2.24) is 9.97 Å². The maximum atomic E-state index is 9.12. The van der Waals surface area contributed by atoms with Crippen molar-refractivity contribution >= 4 is 11.8 Å². The molecular weight excluding hydrogens is 208 g/mol. The lowest BCUT2D eigenvalue weighted by atomic mass is 10.3. The lowest BCUT2D eigenvalue weighted by Crippen LogP contribution is -1.90. The highest BCUT2D eigenvalue weighted by atomic mass is 32.2. The number of hydrogen-bond acceptors (Lipinski definition) is 4. The van der Waals surface area contributed by atoms with Crippen molar-refractivity contribution in [2.75, 3.05) is 0 Å². The molecule has 0 aliphatic carbocycles. The van der Waals surface area contributed by atoms with Crippen LogP contribution < -0.4 is 0 Å². The lowest BCUT2D eigenvalue weighted by Gasteiger charge is -2.03. The number of nitrogens with zero attached hydrogens (tertiary/aromatic N) is 2. The monoisotopic (exact) mass is 218 g/mol. The van der Waals surface area contributed by atoms with Crippen molar-refractivity contribution in [3.8, 4) is 0 Å². The number of pyridine rings is 2. The molecule has 2 rings (SSSR count). The Bertz CT molecular complexity index is 434. The van der Waals surface area contributed by atoms with Gasteiger partial charge in [-0.05, 0) is 30.0 Å². The topological polar surface area (TPSA) is 46.0 Å². The third kappa shape index (κ3) is 2.55. The molecule has 0 atom stereocenters. The predicted molar refractivity (Wildman–Crippen MR) is 58.5 cm³/mol. The summed E-state index contributed by atoms with van der Waals surface area (Å²) in [7, 11) is 0. The van der Waals surface area contributed by atoms with Crippen LogP contribution in [0.5, 0.6) is 0 Å². The van der Waals surface area contributed by atoms with Crippen LogP contribution in [-0.2, 0) is 6.61 Å². The van der Waals surface area contributed by atoms with Crippen LogP contribution in [0.3, 0.4) is 0 Å². The molecule has 3 nitrogen and oxygen atoms in total. The Hall–Kier alpha value is -1.39. The minimum atomic E-state index is 0.00298. The fourth-order valence-corrected chi connectivity index (χ4v) is 1.98. The highest BCUT2D eigenvalue weighted by Gasteiger charge is 2.04. The zero-order valence-corrected chi connectivity index (χ0v) is 8.81. The van der Waals surface area contributed by atoms with E-state index in [1.54, 1.807) is 12.4 Å². The lowest BCUT2D eigenvalue weighted by molar-refractivity contribution is 0.278. The molecule has 4 heteroatoms. The van der Waals surface area contributed by atoms with E-state index in [2.05, 4.69) is 9.97 Å². The Labute approximate surface area is 92.2 Å². The van der Waals surface area contributed by atoms with Gasteiger partial charge in [-0.2, -0.15) is 0 Å². The third-order valence-corrected chi connectivity index (χ3v) is 2.87. The van der Waals surface area contributed by atoms with Crippen LogP contribution in [0.25, 0.3) is 0 Å². The number of rotatable bonds is 3. The van der Waals surface area contributed by atoms with Crippen molar-refractivity contribution in [3.05, 3.63) is 48.3 Å². The molecule has 0 fully saturated rings. The predicted octanol–water partition coefficient (Wildman–Crippen LogP) is 2.12. The average Bonchev–Trinajstić information content (AvgIpc) is 2.31. The van der Waals surface area contributed by atoms with E-state index in [1.165, 1.54) is 11.8 Å². The van der Waals surface area contributed by atoms with Crippen LogP contribution in [0, 0.1) is 0 Å². The number of aromatic nitrogens is 2. The second-order valence-corrected chi connectivity index (χ2v) is 3.90. The molecule has 76 valence electrons. The fourth-order valence-electron chi connectivity index (χ4n) is 1.14. The van der Waals surface area contributed by atoms with Gasteiger partial charge in [0.2, 0.25) is 0 Å². The third-order valence-electron chi connectivity index (χ3n) is 1.86. The van der Waals surface area contributed by atoms with Gasteiger partial charge in [0.05, 0.1) is 6.61 Å². The van der Waals surface area contributed by atoms with Gasteiger partial charge < -0.3 is 5.11 Å². The highest BCUT2D eigenvalue weighted by Crippen LogP contribution is 2.26. The summed E-state index contributed by atoms with van der Waals surface area (Å²) in [6.07, 6.45) is 3.45. The molecule has 0 aliphatic heterocycles. The summed E-state index contributed by atoms with van der Waals surface area (Å²) in [5.74, 6) is 0. The molecule has 2 aromatic heterocycles. The minimum absolute atomic E-state index is 0.00298. The second-order valence-electron chi connectivity index (χ2n) is 2.90. The zero-order chi connectivity index (χ0) is 10.5. The molecule has 0 bridgehead atoms. The summed E-state index contributed by atoms with van der Waals surface area (Å²) < 4.78 is 0. The first-order valence-electron chi connectivity index (χ1n) is 4.54. The molecule has 0 aliphatic rings. The first-order valence-corrected chi connectivity index (χ1v) is 5.35. The fraction of sp³-hybridized carbons (Fsp3) is 0.0909. The van der Waals surface area contributed by atoms with Crippen molar-refractivity contribution in [1.29, 1.82) is 0 Å². The molecule has 0 amide bonds. The molecule has 0 aromatic carbocycles. The van der Waals surface area contributed by atoms with Crippen LogP contribution in [0.15, 0.2) is 52.8 Å². The molecule has 0 unspecified atom stereocenters. The quantitative estimate of drug-likeness (QED) is 0.857. The molecule has 0 radical (unpaired) electrons. The van der Waals surface area contributed by atoms with Crippen LogP contribution in [0.4, 0.5) is 0 Å². The van der Waals surface area contributed by atoms with Gasteiger partial charge in [0, 0.05) is 18.0 Å². The molecular formula is C11H10N2OS. The molecule has 0 spiro atoms. The molecule has 15 heavy (non-hydrogen) atoms. The van der Waals surface area contributed by atoms with Crippen molar-refractivity contribution in [2.24, 2.45) is 0 Å². The van der Waals surface area contributed by atoms with Crippen LogP contribution >= 0.6 is 11.8 Å². The summed E-state index contributed by atoms with van der Waals surface area (Å²) in [5, 5.41) is 10.8. The van der Waals surface area contributed by atoms with Gasteiger partial charge in [-0.15, -0.1) is 0 Å². The molecule has 1 N–H and O–H groups in total. The Balaban J connectivity index is 2.24. The van der Waals surface area contributed by atoms with Crippen molar-refractivity contribution in [3.63, 3.8) is 0 Å². The van der Waals surface area contributed by atoms with Gasteiger partial charge >= 0.3 is 0 Å². The summed E-state index contributed by atoms with van der Waals surface area (Å²) in [4.78, 5) is 8.40. The molecule has 2 aromatic rings. The Morgan fingerprint density at radius 2 is 1.93 bits per heavy atom. The average molecular weight is 218 g/mol. The molecule has 2 heterocycles. The summed E-state index contributed by atoms with van der Waals surface area (Å²) in [6, 6.07) is 9.39. The van der Waals surface area contributed by atoms with Gasteiger partial charge in [0.25, 0.3) is 0 Å². The summed E-state index contributed by atoms with van der Waals surface area (Å²) in [5.41, 5.74) is 0.827. The SMILES string of the molecule is OCc1cccnc1Sc1ccccn1. The van der Waals surface area contributed by atoms with Gasteiger partial charge in [-0.1, -0.05) is 12.1 Å². The van der Waals surface area contributed by atoms with E-state index in [9.17, 15) is 0 Å². The van der Waals surface area contributed by atoms with Gasteiger partial charge in [0.1, 0.15) is 10.1 Å². The van der Waals surface area contributed by atoms with E-state index in [4.69, 9.17) is 5.11 Å². The van der Waals surface area contributed by atoms with Crippen molar-refractivity contribution in [2.45, 2.75) is 16.7 Å². The Morgan fingerprint density at radius 1 is 1.07 bits per heavy atom. The second kappa shape index (κ2) is 4.91. The summed E-state index contributed by atoms with van der Waals surface area (Å²) >= 11 is 1.46. The molecule has 0 saturated heterocycles. The first-order chi connectivity index (χ1) is 7.40. The van der Waals surface area contributed by atoms with Crippen LogP contribution in [0.1, 0.15) is 5.56 Å². The smallest absolute Gasteiger partial charge is 0.108 e. The van der Waals surface area contributed by atoms with Gasteiger partial charge in [-0.3, -0.25) is 0 Å². The summed E-state index contributed by atoms with van der Waals surface area (Å²) in [6.45, 7) is 0.00298. The van der Waals surface area contributed by atoms with E-state index in [1.807, 2.05) is 30.3 Å². The Morgan fingerprint density at radius 3 is 2.67 bits per heavy atom. The minimum Gasteiger partial charge on any atom is -0.392 e. The Kier molecular flexibility index (Phi) is 3.32. The zero-order valence-electron chi connectivity index (χ0n) is 8.00. The maximum absolute atomic E-state index is 9.12. The van der Waals surface area contributed by atoms with Crippen LogP contribution in [0.2, 0.25) is 0 Å². The molecule has 0 saturated carbocycles. The van der Waals surface area contributed by atoms with E-state index in [0.717, 1.165) is 15.6 Å². The number of aliphatic hydroxyl groups excluding tert-OH is 1. The normalized spacial score (nSPS) is 10.2. The van der Waals surface area contributed by atoms with E-state index in [0.29, 0.717) is 0 Å².